The van der Waals surface area contributed by atoms with Crippen LogP contribution >= 0.6 is 0 Å². The molecule has 3 heterocycles. The van der Waals surface area contributed by atoms with E-state index < -0.39 is 42.0 Å². The van der Waals surface area contributed by atoms with Crippen LogP contribution in [0.2, 0.25) is 0 Å². The Balaban J connectivity index is 1.78. The van der Waals surface area contributed by atoms with Gasteiger partial charge in [0, 0.05) is 4.91 Å². The number of hydrogen-bond acceptors (Lipinski definition) is 7. The number of ether oxygens (including phenoxy) is 3. The topological polar surface area (TPSA) is 114 Å². The third-order valence-electron chi connectivity index (χ3n) is 4.00. The lowest BCUT2D eigenvalue weighted by Crippen LogP contribution is -2.55. The molecule has 1 N–H and O–H groups in total. The Hall–Kier alpha value is -2.14. The molecule has 2 aliphatic heterocycles. The molecule has 2 saturated heterocycles. The number of aromatic nitrogens is 2. The van der Waals surface area contributed by atoms with E-state index in [0.29, 0.717) is 6.20 Å². The summed E-state index contributed by atoms with van der Waals surface area (Å²) in [5, 5.41) is 6.38. The molecule has 0 amide bonds. The summed E-state index contributed by atoms with van der Waals surface area (Å²) in [7, 11) is 0. The first-order valence-electron chi connectivity index (χ1n) is 7.83. The molecule has 142 valence electrons. The summed E-state index contributed by atoms with van der Waals surface area (Å²) in [5.74, 6) is -0.953. The lowest BCUT2D eigenvalue weighted by molar-refractivity contribution is -0.152. The third-order valence-corrected chi connectivity index (χ3v) is 4.00. The van der Waals surface area contributed by atoms with Crippen molar-refractivity contribution in [1.82, 2.24) is 9.97 Å². The van der Waals surface area contributed by atoms with Gasteiger partial charge < -0.3 is 19.5 Å². The molecule has 4 atom stereocenters. The van der Waals surface area contributed by atoms with E-state index in [1.165, 1.54) is 6.20 Å². The van der Waals surface area contributed by atoms with Gasteiger partial charge in [0.1, 0.15) is 18.0 Å². The maximum atomic E-state index is 12.8. The molecule has 1 aromatic rings. The lowest BCUT2D eigenvalue weighted by atomic mass is 9.98. The van der Waals surface area contributed by atoms with Crippen LogP contribution < -0.4 is 5.32 Å². The number of hydrogen-bond donors (Lipinski definition) is 1. The monoisotopic (exact) mass is 374 g/mol. The summed E-state index contributed by atoms with van der Waals surface area (Å²) in [6, 6.07) is -0.512. The van der Waals surface area contributed by atoms with Gasteiger partial charge in [-0.1, -0.05) is 5.11 Å². The van der Waals surface area contributed by atoms with Crippen molar-refractivity contribution in [2.75, 3.05) is 18.5 Å². The van der Waals surface area contributed by atoms with Crippen LogP contribution in [0, 0.1) is 0 Å². The average molecular weight is 374 g/mol. The molecule has 2 aliphatic rings. The summed E-state index contributed by atoms with van der Waals surface area (Å²) in [4.78, 5) is 9.82. The van der Waals surface area contributed by atoms with Crippen LogP contribution in [0.15, 0.2) is 17.5 Å². The standard InChI is InChI=1S/C14H17F3N6O3/c1-13(2)25-11-7(6-24-8(3-20-23-18)12(11)26-13)21-10-5-19-4-9(22-10)14(15,16)17/h4-5,7-8,11-12H,3,6H2,1-2H3,(H,21,22)/t7-,8+,11+,12-/m0/s1. The van der Waals surface area contributed by atoms with E-state index in [9.17, 15) is 13.2 Å². The van der Waals surface area contributed by atoms with Crippen molar-refractivity contribution in [3.63, 3.8) is 0 Å². The summed E-state index contributed by atoms with van der Waals surface area (Å²) in [6.45, 7) is 3.62. The molecule has 9 nitrogen and oxygen atoms in total. The largest absolute Gasteiger partial charge is 0.434 e. The van der Waals surface area contributed by atoms with Crippen LogP contribution in [0.25, 0.3) is 10.4 Å². The zero-order valence-corrected chi connectivity index (χ0v) is 14.0. The highest BCUT2D eigenvalue weighted by Gasteiger charge is 2.51. The Morgan fingerprint density at radius 2 is 2.08 bits per heavy atom. The van der Waals surface area contributed by atoms with E-state index in [4.69, 9.17) is 19.7 Å². The van der Waals surface area contributed by atoms with E-state index in [0.717, 1.165) is 0 Å². The molecule has 0 aromatic carbocycles. The molecule has 0 bridgehead atoms. The van der Waals surface area contributed by atoms with Crippen molar-refractivity contribution in [2.45, 2.75) is 50.2 Å². The zero-order chi connectivity index (χ0) is 18.9. The van der Waals surface area contributed by atoms with Gasteiger partial charge in [0.15, 0.2) is 11.5 Å². The number of anilines is 1. The molecule has 12 heteroatoms. The second kappa shape index (κ2) is 6.88. The van der Waals surface area contributed by atoms with Gasteiger partial charge in [0.25, 0.3) is 0 Å². The number of alkyl halides is 3. The van der Waals surface area contributed by atoms with Crippen molar-refractivity contribution in [3.05, 3.63) is 28.5 Å². The predicted molar refractivity (Wildman–Crippen MR) is 82.0 cm³/mol. The van der Waals surface area contributed by atoms with Crippen LogP contribution in [0.3, 0.4) is 0 Å². The van der Waals surface area contributed by atoms with Crippen LogP contribution in [0.5, 0.6) is 0 Å². The maximum absolute atomic E-state index is 12.8. The molecule has 1 aromatic heterocycles. The van der Waals surface area contributed by atoms with Crippen LogP contribution in [-0.4, -0.2) is 53.3 Å². The van der Waals surface area contributed by atoms with E-state index in [1.54, 1.807) is 13.8 Å². The highest BCUT2D eigenvalue weighted by atomic mass is 19.4. The molecule has 26 heavy (non-hydrogen) atoms. The smallest absolute Gasteiger partial charge is 0.373 e. The van der Waals surface area contributed by atoms with Crippen LogP contribution in [0.1, 0.15) is 19.5 Å². The number of azide groups is 1. The second-order valence-corrected chi connectivity index (χ2v) is 6.39. The van der Waals surface area contributed by atoms with Crippen LogP contribution in [0.4, 0.5) is 19.0 Å². The van der Waals surface area contributed by atoms with Crippen LogP contribution in [-0.2, 0) is 20.4 Å². The molecule has 0 radical (unpaired) electrons. The SMILES string of the molecule is CC1(C)O[C@@H]2[C@H](O1)[C@@H](Nc1cncc(C(F)(F)F)n1)CO[C@@H]2CN=[N+]=[N-]. The minimum absolute atomic E-state index is 0.0472. The average Bonchev–Trinajstić information content (AvgIpc) is 2.89. The van der Waals surface area contributed by atoms with Gasteiger partial charge >= 0.3 is 6.18 Å². The van der Waals surface area contributed by atoms with Crippen molar-refractivity contribution < 1.29 is 27.4 Å². The summed E-state index contributed by atoms with van der Waals surface area (Å²) in [5.41, 5.74) is 7.39. The molecule has 0 aliphatic carbocycles. The Morgan fingerprint density at radius 1 is 1.35 bits per heavy atom. The van der Waals surface area contributed by atoms with E-state index >= 15 is 0 Å². The maximum Gasteiger partial charge on any atom is 0.434 e. The molecule has 0 spiro atoms. The number of fused-ring (bicyclic) bond motifs is 1. The Morgan fingerprint density at radius 3 is 2.77 bits per heavy atom. The summed E-state index contributed by atoms with van der Waals surface area (Å²) in [6.07, 6.45) is -4.32. The fraction of sp³-hybridized carbons (Fsp3) is 0.714. The normalized spacial score (nSPS) is 30.3. The quantitative estimate of drug-likeness (QED) is 0.492. The van der Waals surface area contributed by atoms with Crippen molar-refractivity contribution in [3.8, 4) is 0 Å². The number of halogens is 3. The van der Waals surface area contributed by atoms with Gasteiger partial charge in [-0.15, -0.1) is 0 Å². The Kier molecular flexibility index (Phi) is 4.93. The van der Waals surface area contributed by atoms with Gasteiger partial charge in [-0.25, -0.2) is 4.98 Å². The predicted octanol–water partition coefficient (Wildman–Crippen LogP) is 2.51. The summed E-state index contributed by atoms with van der Waals surface area (Å²) < 4.78 is 55.7. The molecule has 0 unspecified atom stereocenters. The zero-order valence-electron chi connectivity index (χ0n) is 14.0. The molecular formula is C14H17F3N6O3. The van der Waals surface area contributed by atoms with Crippen molar-refractivity contribution in [2.24, 2.45) is 5.11 Å². The second-order valence-electron chi connectivity index (χ2n) is 6.39. The van der Waals surface area contributed by atoms with Gasteiger partial charge in [0.05, 0.1) is 37.7 Å². The third kappa shape index (κ3) is 3.98. The minimum atomic E-state index is -4.59. The van der Waals surface area contributed by atoms with Gasteiger partial charge in [-0.3, -0.25) is 4.98 Å². The highest BCUT2D eigenvalue weighted by Crippen LogP contribution is 2.36. The first-order chi connectivity index (χ1) is 12.2. The first kappa shape index (κ1) is 18.6. The Bertz CT molecular complexity index is 709. The van der Waals surface area contributed by atoms with Crippen molar-refractivity contribution >= 4 is 5.82 Å². The highest BCUT2D eigenvalue weighted by molar-refractivity contribution is 5.35. The van der Waals surface area contributed by atoms with E-state index in [2.05, 4.69) is 25.3 Å². The van der Waals surface area contributed by atoms with Gasteiger partial charge in [0.2, 0.25) is 0 Å². The van der Waals surface area contributed by atoms with E-state index in [1.807, 2.05) is 0 Å². The van der Waals surface area contributed by atoms with Gasteiger partial charge in [-0.05, 0) is 19.4 Å². The molecule has 0 saturated carbocycles. The number of rotatable bonds is 4. The fourth-order valence-electron chi connectivity index (χ4n) is 2.99. The molecular weight excluding hydrogens is 357 g/mol. The molecule has 3 rings (SSSR count). The first-order valence-corrected chi connectivity index (χ1v) is 7.83. The van der Waals surface area contributed by atoms with Crippen molar-refractivity contribution in [1.29, 1.82) is 0 Å². The summed E-state index contributed by atoms with van der Waals surface area (Å²) >= 11 is 0. The number of nitrogens with zero attached hydrogens (tertiary/aromatic N) is 5. The van der Waals surface area contributed by atoms with E-state index in [-0.39, 0.29) is 19.0 Å². The minimum Gasteiger partial charge on any atom is -0.373 e. The number of nitrogens with one attached hydrogen (secondary N) is 1. The molecule has 2 fully saturated rings. The lowest BCUT2D eigenvalue weighted by Gasteiger charge is -2.37. The Labute approximate surface area is 146 Å². The van der Waals surface area contributed by atoms with Gasteiger partial charge in [-0.2, -0.15) is 13.2 Å². The fourth-order valence-corrected chi connectivity index (χ4v) is 2.99.